The van der Waals surface area contributed by atoms with Gasteiger partial charge in [0.15, 0.2) is 0 Å². The number of amides is 1. The maximum absolute atomic E-state index is 12.7. The van der Waals surface area contributed by atoms with Gasteiger partial charge in [-0.2, -0.15) is 0 Å². The molecule has 0 saturated heterocycles. The van der Waals surface area contributed by atoms with Gasteiger partial charge >= 0.3 is 0 Å². The number of aromatic nitrogens is 1. The van der Waals surface area contributed by atoms with Crippen LogP contribution in [0.25, 0.3) is 10.9 Å². The smallest absolute Gasteiger partial charge is 0.268 e. The molecule has 0 unspecified atom stereocenters. The van der Waals surface area contributed by atoms with Crippen LogP contribution in [-0.2, 0) is 0 Å². The molecule has 0 fully saturated rings. The number of benzene rings is 2. The zero-order valence-electron chi connectivity index (χ0n) is 14.9. The Kier molecular flexibility index (Phi) is 5.38. The van der Waals surface area contributed by atoms with Crippen LogP contribution in [0.3, 0.4) is 0 Å². The molecule has 2 N–H and O–H groups in total. The van der Waals surface area contributed by atoms with Crippen LogP contribution in [0.2, 0.25) is 5.02 Å². The number of hydrogen-bond acceptors (Lipinski definition) is 3. The number of carbonyl (C=O) groups is 1. The van der Waals surface area contributed by atoms with Crippen molar-refractivity contribution in [3.05, 3.63) is 58.7 Å². The van der Waals surface area contributed by atoms with E-state index in [-0.39, 0.29) is 11.9 Å². The molecule has 0 aliphatic rings. The fraction of sp³-hybridized carbons (Fsp3) is 0.250. The number of H-pyrrole nitrogens is 1. The van der Waals surface area contributed by atoms with Crippen LogP contribution in [0.5, 0.6) is 11.5 Å². The second-order valence-electron chi connectivity index (χ2n) is 5.96. The maximum Gasteiger partial charge on any atom is 0.268 e. The summed E-state index contributed by atoms with van der Waals surface area (Å²) < 4.78 is 10.7. The van der Waals surface area contributed by atoms with Gasteiger partial charge in [0.25, 0.3) is 5.91 Å². The number of aromatic amines is 1. The number of rotatable bonds is 6. The van der Waals surface area contributed by atoms with E-state index in [0.29, 0.717) is 22.2 Å². The molecule has 1 amide bonds. The predicted octanol–water partition coefficient (Wildman–Crippen LogP) is 4.72. The molecule has 26 heavy (non-hydrogen) atoms. The molecular formula is C20H21ClN2O3. The van der Waals surface area contributed by atoms with E-state index in [4.69, 9.17) is 21.1 Å². The Labute approximate surface area is 157 Å². The third-order valence-electron chi connectivity index (χ3n) is 4.35. The second kappa shape index (κ2) is 7.70. The number of hydrogen-bond donors (Lipinski definition) is 2. The molecule has 3 rings (SSSR count). The topological polar surface area (TPSA) is 63.4 Å². The molecule has 1 heterocycles. The van der Waals surface area contributed by atoms with E-state index in [1.54, 1.807) is 26.4 Å². The zero-order valence-corrected chi connectivity index (χ0v) is 15.7. The van der Waals surface area contributed by atoms with Crippen LogP contribution in [-0.4, -0.2) is 25.1 Å². The van der Waals surface area contributed by atoms with E-state index in [0.717, 1.165) is 22.9 Å². The van der Waals surface area contributed by atoms with Crippen molar-refractivity contribution in [2.45, 2.75) is 19.4 Å². The van der Waals surface area contributed by atoms with Gasteiger partial charge in [-0.3, -0.25) is 4.79 Å². The molecule has 2 aromatic carbocycles. The standard InChI is InChI=1S/C20H21ClN2O3/c1-4-16(12-5-7-14(21)8-6-12)23-20(24)17-10-13-9-15(25-2)11-18(26-3)19(13)22-17/h5-11,16,22H,4H2,1-3H3,(H,23,24)/t16-/m1/s1. The van der Waals surface area contributed by atoms with E-state index < -0.39 is 0 Å². The highest BCUT2D eigenvalue weighted by atomic mass is 35.5. The molecule has 0 aliphatic heterocycles. The number of fused-ring (bicyclic) bond motifs is 1. The third kappa shape index (κ3) is 3.63. The molecule has 5 nitrogen and oxygen atoms in total. The van der Waals surface area contributed by atoms with Gasteiger partial charge < -0.3 is 19.8 Å². The summed E-state index contributed by atoms with van der Waals surface area (Å²) >= 11 is 5.95. The van der Waals surface area contributed by atoms with E-state index in [2.05, 4.69) is 10.3 Å². The average Bonchev–Trinajstić information content (AvgIpc) is 3.10. The monoisotopic (exact) mass is 372 g/mol. The fourth-order valence-electron chi connectivity index (χ4n) is 2.94. The molecule has 0 bridgehead atoms. The number of halogens is 1. The van der Waals surface area contributed by atoms with Gasteiger partial charge in [0.1, 0.15) is 17.2 Å². The Morgan fingerprint density at radius 1 is 1.15 bits per heavy atom. The molecule has 0 aliphatic carbocycles. The van der Waals surface area contributed by atoms with Crippen molar-refractivity contribution >= 4 is 28.4 Å². The summed E-state index contributed by atoms with van der Waals surface area (Å²) in [7, 11) is 3.18. The van der Waals surface area contributed by atoms with Crippen LogP contribution in [0, 0.1) is 0 Å². The van der Waals surface area contributed by atoms with Crippen molar-refractivity contribution in [1.29, 1.82) is 0 Å². The van der Waals surface area contributed by atoms with Crippen molar-refractivity contribution in [1.82, 2.24) is 10.3 Å². The number of carbonyl (C=O) groups excluding carboxylic acids is 1. The van der Waals surface area contributed by atoms with E-state index in [1.165, 1.54) is 0 Å². The van der Waals surface area contributed by atoms with Crippen molar-refractivity contribution in [2.24, 2.45) is 0 Å². The molecule has 0 radical (unpaired) electrons. The maximum atomic E-state index is 12.7. The zero-order chi connectivity index (χ0) is 18.7. The molecular weight excluding hydrogens is 352 g/mol. The summed E-state index contributed by atoms with van der Waals surface area (Å²) in [4.78, 5) is 15.9. The summed E-state index contributed by atoms with van der Waals surface area (Å²) in [6.45, 7) is 2.03. The van der Waals surface area contributed by atoms with Crippen molar-refractivity contribution < 1.29 is 14.3 Å². The minimum absolute atomic E-state index is 0.0948. The van der Waals surface area contributed by atoms with Gasteiger partial charge in [-0.05, 0) is 36.2 Å². The number of methoxy groups -OCH3 is 2. The lowest BCUT2D eigenvalue weighted by Crippen LogP contribution is -2.28. The molecule has 1 aromatic heterocycles. The Morgan fingerprint density at radius 2 is 1.88 bits per heavy atom. The normalized spacial score (nSPS) is 12.0. The summed E-state index contributed by atoms with van der Waals surface area (Å²) in [5, 5.41) is 4.59. The second-order valence-corrected chi connectivity index (χ2v) is 6.40. The Balaban J connectivity index is 1.88. The van der Waals surface area contributed by atoms with E-state index >= 15 is 0 Å². The minimum atomic E-state index is -0.177. The highest BCUT2D eigenvalue weighted by molar-refractivity contribution is 6.30. The Morgan fingerprint density at radius 3 is 2.50 bits per heavy atom. The van der Waals surface area contributed by atoms with Crippen LogP contribution in [0.1, 0.15) is 35.4 Å². The van der Waals surface area contributed by atoms with Crippen molar-refractivity contribution in [2.75, 3.05) is 14.2 Å². The van der Waals surface area contributed by atoms with Crippen molar-refractivity contribution in [3.63, 3.8) is 0 Å². The lowest BCUT2D eigenvalue weighted by atomic mass is 10.0. The minimum Gasteiger partial charge on any atom is -0.497 e. The van der Waals surface area contributed by atoms with Crippen LogP contribution < -0.4 is 14.8 Å². The first-order valence-electron chi connectivity index (χ1n) is 8.36. The van der Waals surface area contributed by atoms with Crippen LogP contribution in [0.4, 0.5) is 0 Å². The molecule has 6 heteroatoms. The largest absolute Gasteiger partial charge is 0.497 e. The van der Waals surface area contributed by atoms with Gasteiger partial charge in [-0.25, -0.2) is 0 Å². The Bertz CT molecular complexity index is 919. The van der Waals surface area contributed by atoms with Gasteiger partial charge in [-0.15, -0.1) is 0 Å². The van der Waals surface area contributed by atoms with E-state index in [9.17, 15) is 4.79 Å². The van der Waals surface area contributed by atoms with Gasteiger partial charge in [0, 0.05) is 16.5 Å². The molecule has 0 spiro atoms. The number of nitrogens with one attached hydrogen (secondary N) is 2. The summed E-state index contributed by atoms with van der Waals surface area (Å²) in [6, 6.07) is 12.8. The lowest BCUT2D eigenvalue weighted by Gasteiger charge is -2.17. The fourth-order valence-corrected chi connectivity index (χ4v) is 3.06. The van der Waals surface area contributed by atoms with Crippen LogP contribution in [0.15, 0.2) is 42.5 Å². The van der Waals surface area contributed by atoms with Gasteiger partial charge in [0.2, 0.25) is 0 Å². The molecule has 0 saturated carbocycles. The predicted molar refractivity (Wildman–Crippen MR) is 103 cm³/mol. The average molecular weight is 373 g/mol. The summed E-state index contributed by atoms with van der Waals surface area (Å²) in [5.74, 6) is 1.13. The summed E-state index contributed by atoms with van der Waals surface area (Å²) in [5.41, 5.74) is 2.25. The quantitative estimate of drug-likeness (QED) is 0.658. The van der Waals surface area contributed by atoms with Gasteiger partial charge in [-0.1, -0.05) is 30.7 Å². The highest BCUT2D eigenvalue weighted by Gasteiger charge is 2.17. The van der Waals surface area contributed by atoms with Crippen LogP contribution >= 0.6 is 11.6 Å². The highest BCUT2D eigenvalue weighted by Crippen LogP contribution is 2.31. The molecule has 136 valence electrons. The number of ether oxygens (including phenoxy) is 2. The first-order valence-corrected chi connectivity index (χ1v) is 8.74. The SMILES string of the molecule is CC[C@@H](NC(=O)c1cc2cc(OC)cc(OC)c2[nH]1)c1ccc(Cl)cc1. The van der Waals surface area contributed by atoms with E-state index in [1.807, 2.05) is 37.3 Å². The first-order chi connectivity index (χ1) is 12.5. The first kappa shape index (κ1) is 18.1. The third-order valence-corrected chi connectivity index (χ3v) is 4.60. The lowest BCUT2D eigenvalue weighted by molar-refractivity contribution is 0.0931. The molecule has 1 atom stereocenters. The Hall–Kier alpha value is -2.66. The summed E-state index contributed by atoms with van der Waals surface area (Å²) in [6.07, 6.45) is 0.769. The molecule has 3 aromatic rings. The van der Waals surface area contributed by atoms with Gasteiger partial charge in [0.05, 0.1) is 25.8 Å². The van der Waals surface area contributed by atoms with Crippen molar-refractivity contribution in [3.8, 4) is 11.5 Å².